The highest BCUT2D eigenvalue weighted by Crippen LogP contribution is 2.12. The molecule has 0 aliphatic carbocycles. The van der Waals surface area contributed by atoms with Crippen molar-refractivity contribution in [1.82, 2.24) is 0 Å². The van der Waals surface area contributed by atoms with Gasteiger partial charge in [0, 0.05) is 19.8 Å². The molecule has 0 heterocycles. The molecule has 0 saturated carbocycles. The molecule has 0 N–H and O–H groups in total. The molecule has 0 spiro atoms. The molecular formula is C18H18N2O2. The zero-order chi connectivity index (χ0) is 15.8. The van der Waals surface area contributed by atoms with Crippen LogP contribution in [-0.4, -0.2) is 26.3 Å². The molecule has 0 bridgehead atoms. The van der Waals surface area contributed by atoms with Gasteiger partial charge in [-0.05, 0) is 35.9 Å². The van der Waals surface area contributed by atoms with Gasteiger partial charge in [0.15, 0.2) is 0 Å². The van der Waals surface area contributed by atoms with E-state index in [2.05, 4.69) is 5.16 Å². The molecule has 2 rings (SSSR count). The number of anilines is 1. The zero-order valence-electron chi connectivity index (χ0n) is 12.6. The van der Waals surface area contributed by atoms with Crippen molar-refractivity contribution in [2.45, 2.75) is 0 Å². The van der Waals surface area contributed by atoms with Crippen molar-refractivity contribution in [3.8, 4) is 0 Å². The van der Waals surface area contributed by atoms with Gasteiger partial charge in [-0.15, -0.1) is 0 Å². The highest BCUT2D eigenvalue weighted by molar-refractivity contribution is 5.89. The molecule has 0 aliphatic heterocycles. The average molecular weight is 294 g/mol. The first-order chi connectivity index (χ1) is 10.7. The second kappa shape index (κ2) is 7.78. The lowest BCUT2D eigenvalue weighted by molar-refractivity contribution is 0.0519. The van der Waals surface area contributed by atoms with Gasteiger partial charge in [-0.25, -0.2) is 4.79 Å². The Bertz CT molecular complexity index is 659. The zero-order valence-corrected chi connectivity index (χ0v) is 12.6. The lowest BCUT2D eigenvalue weighted by Crippen LogP contribution is -2.07. The van der Waals surface area contributed by atoms with Crippen molar-refractivity contribution >= 4 is 23.9 Å². The topological polar surface area (TPSA) is 41.9 Å². The minimum Gasteiger partial charge on any atom is -0.378 e. The number of oxime groups is 1. The minimum atomic E-state index is -0.472. The van der Waals surface area contributed by atoms with Gasteiger partial charge in [0.2, 0.25) is 0 Å². The normalized spacial score (nSPS) is 11.0. The van der Waals surface area contributed by atoms with Crippen LogP contribution in [0.1, 0.15) is 15.9 Å². The molecule has 0 saturated heterocycles. The first-order valence-electron chi connectivity index (χ1n) is 6.90. The summed E-state index contributed by atoms with van der Waals surface area (Å²) in [6, 6.07) is 16.8. The van der Waals surface area contributed by atoms with Crippen LogP contribution in [0.25, 0.3) is 6.08 Å². The number of rotatable bonds is 5. The molecule has 2 aromatic rings. The Balaban J connectivity index is 1.85. The van der Waals surface area contributed by atoms with E-state index in [1.807, 2.05) is 55.4 Å². The van der Waals surface area contributed by atoms with Gasteiger partial charge in [-0.1, -0.05) is 41.6 Å². The van der Waals surface area contributed by atoms with Crippen LogP contribution in [0, 0.1) is 0 Å². The fourth-order valence-corrected chi connectivity index (χ4v) is 1.78. The summed E-state index contributed by atoms with van der Waals surface area (Å²) in [5.41, 5.74) is 2.66. The standard InChI is InChI=1S/C18H18N2O2/c1-20(2)17-12-10-15(11-13-17)7-6-14-19-22-18(21)16-8-4-3-5-9-16/h3-14H,1-2H3/b7-6-,19-14?. The summed E-state index contributed by atoms with van der Waals surface area (Å²) in [5, 5.41) is 3.64. The summed E-state index contributed by atoms with van der Waals surface area (Å²) in [4.78, 5) is 18.4. The Hall–Kier alpha value is -2.88. The summed E-state index contributed by atoms with van der Waals surface area (Å²) in [5.74, 6) is -0.472. The van der Waals surface area contributed by atoms with E-state index in [1.165, 1.54) is 6.21 Å². The van der Waals surface area contributed by atoms with Gasteiger partial charge in [-0.3, -0.25) is 0 Å². The molecule has 0 fully saturated rings. The van der Waals surface area contributed by atoms with E-state index in [1.54, 1.807) is 30.3 Å². The maximum Gasteiger partial charge on any atom is 0.365 e. The highest BCUT2D eigenvalue weighted by atomic mass is 16.7. The van der Waals surface area contributed by atoms with Crippen LogP contribution in [0.4, 0.5) is 5.69 Å². The van der Waals surface area contributed by atoms with Crippen LogP contribution in [0.3, 0.4) is 0 Å². The quantitative estimate of drug-likeness (QED) is 0.480. The van der Waals surface area contributed by atoms with Crippen LogP contribution < -0.4 is 4.90 Å². The maximum atomic E-state index is 11.6. The Kier molecular flexibility index (Phi) is 5.49. The van der Waals surface area contributed by atoms with E-state index in [4.69, 9.17) is 4.84 Å². The summed E-state index contributed by atoms with van der Waals surface area (Å²) < 4.78 is 0. The van der Waals surface area contributed by atoms with Gasteiger partial charge in [0.25, 0.3) is 0 Å². The first kappa shape index (κ1) is 15.5. The maximum absolute atomic E-state index is 11.6. The molecule has 0 unspecified atom stereocenters. The van der Waals surface area contributed by atoms with Crippen molar-refractivity contribution in [1.29, 1.82) is 0 Å². The van der Waals surface area contributed by atoms with Gasteiger partial charge in [-0.2, -0.15) is 0 Å². The van der Waals surface area contributed by atoms with E-state index in [0.29, 0.717) is 5.56 Å². The number of benzene rings is 2. The van der Waals surface area contributed by atoms with Crippen molar-refractivity contribution < 1.29 is 9.63 Å². The van der Waals surface area contributed by atoms with Crippen LogP contribution in [0.2, 0.25) is 0 Å². The van der Waals surface area contributed by atoms with E-state index in [0.717, 1.165) is 11.3 Å². The first-order valence-corrected chi connectivity index (χ1v) is 6.90. The Morgan fingerprint density at radius 3 is 2.36 bits per heavy atom. The largest absolute Gasteiger partial charge is 0.378 e. The van der Waals surface area contributed by atoms with Gasteiger partial charge < -0.3 is 9.74 Å². The Morgan fingerprint density at radius 2 is 1.73 bits per heavy atom. The third-order valence-electron chi connectivity index (χ3n) is 2.99. The van der Waals surface area contributed by atoms with E-state index < -0.39 is 5.97 Å². The predicted octanol–water partition coefficient (Wildman–Crippen LogP) is 3.61. The van der Waals surface area contributed by atoms with Crippen molar-refractivity contribution in [2.75, 3.05) is 19.0 Å². The summed E-state index contributed by atoms with van der Waals surface area (Å²) in [7, 11) is 4.00. The molecule has 0 aromatic heterocycles. The van der Waals surface area contributed by atoms with Gasteiger partial charge >= 0.3 is 5.97 Å². The number of allylic oxidation sites excluding steroid dienone is 1. The molecule has 2 aromatic carbocycles. The minimum absolute atomic E-state index is 0.472. The van der Waals surface area contributed by atoms with E-state index in [-0.39, 0.29) is 0 Å². The molecule has 4 nitrogen and oxygen atoms in total. The van der Waals surface area contributed by atoms with Crippen LogP contribution in [0.5, 0.6) is 0 Å². The summed E-state index contributed by atoms with van der Waals surface area (Å²) in [6.07, 6.45) is 5.06. The van der Waals surface area contributed by atoms with Gasteiger partial charge in [0.1, 0.15) is 0 Å². The molecule has 0 amide bonds. The lowest BCUT2D eigenvalue weighted by Gasteiger charge is -2.11. The van der Waals surface area contributed by atoms with Crippen LogP contribution in [-0.2, 0) is 4.84 Å². The highest BCUT2D eigenvalue weighted by Gasteiger charge is 2.03. The molecule has 0 radical (unpaired) electrons. The van der Waals surface area contributed by atoms with Crippen LogP contribution in [0.15, 0.2) is 65.8 Å². The number of nitrogens with zero attached hydrogens (tertiary/aromatic N) is 2. The fraction of sp³-hybridized carbons (Fsp3) is 0.111. The van der Waals surface area contributed by atoms with Crippen molar-refractivity contribution in [3.05, 3.63) is 71.8 Å². The number of carbonyl (C=O) groups is 1. The molecule has 22 heavy (non-hydrogen) atoms. The Morgan fingerprint density at radius 1 is 1.05 bits per heavy atom. The number of carbonyl (C=O) groups excluding carboxylic acids is 1. The van der Waals surface area contributed by atoms with Crippen molar-refractivity contribution in [3.63, 3.8) is 0 Å². The van der Waals surface area contributed by atoms with E-state index >= 15 is 0 Å². The van der Waals surface area contributed by atoms with Crippen LogP contribution >= 0.6 is 0 Å². The average Bonchev–Trinajstić information content (AvgIpc) is 2.55. The predicted molar refractivity (Wildman–Crippen MR) is 90.2 cm³/mol. The summed E-state index contributed by atoms with van der Waals surface area (Å²) >= 11 is 0. The smallest absolute Gasteiger partial charge is 0.365 e. The third-order valence-corrected chi connectivity index (χ3v) is 2.99. The Labute approximate surface area is 130 Å². The van der Waals surface area contributed by atoms with Gasteiger partial charge in [0.05, 0.1) is 11.8 Å². The van der Waals surface area contributed by atoms with Crippen molar-refractivity contribution in [2.24, 2.45) is 5.16 Å². The molecule has 0 aliphatic rings. The third kappa shape index (κ3) is 4.59. The molecule has 4 heteroatoms. The fourth-order valence-electron chi connectivity index (χ4n) is 1.78. The molecular weight excluding hydrogens is 276 g/mol. The molecule has 0 atom stereocenters. The second-order valence-electron chi connectivity index (χ2n) is 4.84. The van der Waals surface area contributed by atoms with E-state index in [9.17, 15) is 4.79 Å². The lowest BCUT2D eigenvalue weighted by atomic mass is 10.2. The second-order valence-corrected chi connectivity index (χ2v) is 4.84. The number of hydrogen-bond donors (Lipinski definition) is 0. The molecule has 112 valence electrons. The SMILES string of the molecule is CN(C)c1ccc(/C=C\C=NOC(=O)c2ccccc2)cc1. The summed E-state index contributed by atoms with van der Waals surface area (Å²) in [6.45, 7) is 0. The number of hydrogen-bond acceptors (Lipinski definition) is 4. The monoisotopic (exact) mass is 294 g/mol.